The molecule has 21 heavy (non-hydrogen) atoms. The molecule has 0 radical (unpaired) electrons. The third-order valence-electron chi connectivity index (χ3n) is 2.72. The Hall–Kier alpha value is -2.32. The quantitative estimate of drug-likeness (QED) is 0.844. The van der Waals surface area contributed by atoms with Crippen LogP contribution in [0.25, 0.3) is 4.85 Å². The Morgan fingerprint density at radius 3 is 2.71 bits per heavy atom. The molecule has 0 amide bonds. The van der Waals surface area contributed by atoms with Crippen LogP contribution in [0, 0.1) is 13.5 Å². The number of hydrogen-bond acceptors (Lipinski definition) is 4. The van der Waals surface area contributed by atoms with Crippen LogP contribution in [0.2, 0.25) is 5.02 Å². The highest BCUT2D eigenvalue weighted by Crippen LogP contribution is 2.31. The predicted octanol–water partition coefficient (Wildman–Crippen LogP) is 4.52. The first kappa shape index (κ1) is 15.1. The second kappa shape index (κ2) is 6.42. The smallest absolute Gasteiger partial charge is 0.221 e. The van der Waals surface area contributed by atoms with Gasteiger partial charge in [-0.3, -0.25) is 0 Å². The third-order valence-corrected chi connectivity index (χ3v) is 3.03. The molecule has 0 bridgehead atoms. The Labute approximate surface area is 128 Å². The summed E-state index contributed by atoms with van der Waals surface area (Å²) < 4.78 is 5.63. The Morgan fingerprint density at radius 2 is 2.10 bits per heavy atom. The van der Waals surface area contributed by atoms with Crippen LogP contribution in [0.4, 0.5) is 17.2 Å². The molecule has 0 saturated carbocycles. The molecule has 1 aromatic carbocycles. The molecule has 0 atom stereocenters. The number of rotatable bonds is 4. The molecule has 2 rings (SSSR count). The molecular weight excluding hydrogens is 288 g/mol. The van der Waals surface area contributed by atoms with E-state index in [1.54, 1.807) is 18.2 Å². The monoisotopic (exact) mass is 302 g/mol. The minimum absolute atomic E-state index is 0.0352. The first-order valence-electron chi connectivity index (χ1n) is 6.43. The van der Waals surface area contributed by atoms with Gasteiger partial charge in [-0.05, 0) is 32.9 Å². The predicted molar refractivity (Wildman–Crippen MR) is 83.5 cm³/mol. The van der Waals surface area contributed by atoms with Crippen molar-refractivity contribution in [2.45, 2.75) is 26.9 Å². The number of nitrogens with one attached hydrogen (secondary N) is 1. The van der Waals surface area contributed by atoms with Crippen LogP contribution in [-0.4, -0.2) is 16.1 Å². The van der Waals surface area contributed by atoms with E-state index in [0.29, 0.717) is 28.1 Å². The molecule has 1 N–H and O–H groups in total. The molecule has 2 aromatic rings. The van der Waals surface area contributed by atoms with E-state index in [9.17, 15) is 0 Å². The van der Waals surface area contributed by atoms with Gasteiger partial charge in [0, 0.05) is 0 Å². The Bertz CT molecular complexity index is 695. The maximum Gasteiger partial charge on any atom is 0.221 e. The third kappa shape index (κ3) is 3.61. The summed E-state index contributed by atoms with van der Waals surface area (Å²) >= 11 is 6.15. The summed E-state index contributed by atoms with van der Waals surface area (Å²) in [5.41, 5.74) is 1.98. The van der Waals surface area contributed by atoms with Crippen molar-refractivity contribution in [3.63, 3.8) is 0 Å². The van der Waals surface area contributed by atoms with Gasteiger partial charge in [0.25, 0.3) is 0 Å². The second-order valence-corrected chi connectivity index (χ2v) is 5.13. The fourth-order valence-corrected chi connectivity index (χ4v) is 1.93. The highest BCUT2D eigenvalue weighted by atomic mass is 35.5. The van der Waals surface area contributed by atoms with Gasteiger partial charge < -0.3 is 10.1 Å². The highest BCUT2D eigenvalue weighted by Gasteiger charge is 2.11. The van der Waals surface area contributed by atoms with Crippen molar-refractivity contribution in [2.24, 2.45) is 0 Å². The van der Waals surface area contributed by atoms with Crippen molar-refractivity contribution in [1.82, 2.24) is 9.97 Å². The number of nitrogens with zero attached hydrogens (tertiary/aromatic N) is 3. The lowest BCUT2D eigenvalue weighted by atomic mass is 10.2. The van der Waals surface area contributed by atoms with Crippen molar-refractivity contribution in [2.75, 3.05) is 5.32 Å². The number of anilines is 2. The average molecular weight is 303 g/mol. The molecule has 0 unspecified atom stereocenters. The number of aromatic nitrogens is 2. The molecule has 6 heteroatoms. The van der Waals surface area contributed by atoms with E-state index in [1.165, 1.54) is 6.33 Å². The van der Waals surface area contributed by atoms with Crippen LogP contribution in [0.3, 0.4) is 0 Å². The normalized spacial score (nSPS) is 10.3. The van der Waals surface area contributed by atoms with Gasteiger partial charge in [-0.2, -0.15) is 0 Å². The van der Waals surface area contributed by atoms with Crippen LogP contribution in [0.1, 0.15) is 19.4 Å². The molecule has 0 aliphatic heterocycles. The maximum absolute atomic E-state index is 6.97. The van der Waals surface area contributed by atoms with Crippen LogP contribution >= 0.6 is 11.6 Å². The number of ether oxygens (including phenoxy) is 1. The summed E-state index contributed by atoms with van der Waals surface area (Å²) in [6.45, 7) is 12.7. The van der Waals surface area contributed by atoms with Gasteiger partial charge in [0.05, 0.1) is 28.9 Å². The van der Waals surface area contributed by atoms with Crippen molar-refractivity contribution in [1.29, 1.82) is 0 Å². The molecule has 0 aliphatic rings. The molecule has 1 heterocycles. The topological polar surface area (TPSA) is 51.4 Å². The van der Waals surface area contributed by atoms with Gasteiger partial charge >= 0.3 is 0 Å². The molecule has 1 aromatic heterocycles. The lowest BCUT2D eigenvalue weighted by Crippen LogP contribution is -2.09. The molecule has 5 nitrogen and oxygen atoms in total. The van der Waals surface area contributed by atoms with E-state index in [-0.39, 0.29) is 6.10 Å². The zero-order chi connectivity index (χ0) is 15.4. The number of hydrogen-bond donors (Lipinski definition) is 1. The minimum Gasteiger partial charge on any atom is -0.475 e. The standard InChI is InChI=1S/C15H15ClN4O/c1-9(2)21-15-10(3)14(18-8-19-15)20-13-6-5-11(17-4)7-12(13)16/h5-9H,1-3H3,(H,18,19,20). The van der Waals surface area contributed by atoms with E-state index < -0.39 is 0 Å². The van der Waals surface area contributed by atoms with Gasteiger partial charge in [0.2, 0.25) is 5.88 Å². The first-order chi connectivity index (χ1) is 10.0. The number of halogens is 1. The van der Waals surface area contributed by atoms with E-state index in [4.69, 9.17) is 22.9 Å². The first-order valence-corrected chi connectivity index (χ1v) is 6.81. The highest BCUT2D eigenvalue weighted by molar-refractivity contribution is 6.33. The lowest BCUT2D eigenvalue weighted by Gasteiger charge is -2.14. The largest absolute Gasteiger partial charge is 0.475 e. The summed E-state index contributed by atoms with van der Waals surface area (Å²) in [6, 6.07) is 5.06. The summed E-state index contributed by atoms with van der Waals surface area (Å²) in [5, 5.41) is 3.61. The van der Waals surface area contributed by atoms with E-state index in [0.717, 1.165) is 5.56 Å². The zero-order valence-corrected chi connectivity index (χ0v) is 12.8. The van der Waals surface area contributed by atoms with Crippen molar-refractivity contribution >= 4 is 28.8 Å². The van der Waals surface area contributed by atoms with Crippen LogP contribution in [-0.2, 0) is 0 Å². The van der Waals surface area contributed by atoms with Gasteiger partial charge in [-0.1, -0.05) is 17.7 Å². The molecule has 0 spiro atoms. The SMILES string of the molecule is [C-]#[N+]c1ccc(Nc2ncnc(OC(C)C)c2C)c(Cl)c1. The van der Waals surface area contributed by atoms with Gasteiger partial charge in [0.1, 0.15) is 12.1 Å². The average Bonchev–Trinajstić information content (AvgIpc) is 2.44. The molecule has 0 aliphatic carbocycles. The molecule has 0 saturated heterocycles. The second-order valence-electron chi connectivity index (χ2n) is 4.72. The van der Waals surface area contributed by atoms with Gasteiger partial charge in [0.15, 0.2) is 5.69 Å². The van der Waals surface area contributed by atoms with E-state index >= 15 is 0 Å². The Balaban J connectivity index is 2.30. The van der Waals surface area contributed by atoms with Crippen LogP contribution in [0.15, 0.2) is 24.5 Å². The van der Waals surface area contributed by atoms with Gasteiger partial charge in [-0.25, -0.2) is 14.8 Å². The van der Waals surface area contributed by atoms with Gasteiger partial charge in [-0.15, -0.1) is 0 Å². The van der Waals surface area contributed by atoms with Crippen molar-refractivity contribution in [3.05, 3.63) is 46.5 Å². The Morgan fingerprint density at radius 1 is 1.33 bits per heavy atom. The summed E-state index contributed by atoms with van der Waals surface area (Å²) in [5.74, 6) is 1.16. The lowest BCUT2D eigenvalue weighted by molar-refractivity contribution is 0.230. The maximum atomic E-state index is 6.97. The Kier molecular flexibility index (Phi) is 4.61. The van der Waals surface area contributed by atoms with E-state index in [1.807, 2.05) is 20.8 Å². The summed E-state index contributed by atoms with van der Waals surface area (Å²) in [7, 11) is 0. The van der Waals surface area contributed by atoms with E-state index in [2.05, 4.69) is 20.1 Å². The molecule has 108 valence electrons. The van der Waals surface area contributed by atoms with Crippen LogP contribution in [0.5, 0.6) is 5.88 Å². The zero-order valence-electron chi connectivity index (χ0n) is 12.0. The molecule has 0 fully saturated rings. The fourth-order valence-electron chi connectivity index (χ4n) is 1.70. The van der Waals surface area contributed by atoms with Crippen molar-refractivity contribution in [3.8, 4) is 5.88 Å². The number of benzene rings is 1. The van der Waals surface area contributed by atoms with Crippen molar-refractivity contribution < 1.29 is 4.74 Å². The van der Waals surface area contributed by atoms with Crippen LogP contribution < -0.4 is 10.1 Å². The summed E-state index contributed by atoms with van der Waals surface area (Å²) in [6.07, 6.45) is 1.47. The summed E-state index contributed by atoms with van der Waals surface area (Å²) in [4.78, 5) is 11.7. The fraction of sp³-hybridized carbons (Fsp3) is 0.267. The molecular formula is C15H15ClN4O. The minimum atomic E-state index is 0.0352.